The van der Waals surface area contributed by atoms with Gasteiger partial charge in [0.2, 0.25) is 15.9 Å². The lowest BCUT2D eigenvalue weighted by molar-refractivity contribution is -0.157. The molecule has 1 saturated heterocycles. The molecule has 40 heavy (non-hydrogen) atoms. The summed E-state index contributed by atoms with van der Waals surface area (Å²) in [6.07, 6.45) is 5.59. The standard InChI is InChI=1S/C25H39N9O5S/c1-5-13-40(37,38)32-18(23(36)39-25(2,3)4)14-34-16-30-19-20(28-15-29-21(19)34)33-11-7-17(8-12-33)22(35)31-24-26-9-6-10-27-24/h15-18,32H,5-14H2,1-4H3,(H2,26,27,31,35)/t18-/m0/s1. The maximum absolute atomic E-state index is 13.0. The molecule has 0 spiro atoms. The highest BCUT2D eigenvalue weighted by Gasteiger charge is 2.31. The molecule has 4 rings (SSSR count). The minimum absolute atomic E-state index is 0.0383. The molecule has 4 heterocycles. The molecule has 1 fully saturated rings. The van der Waals surface area contributed by atoms with Crippen LogP contribution >= 0.6 is 0 Å². The highest BCUT2D eigenvalue weighted by Crippen LogP contribution is 2.27. The van der Waals surface area contributed by atoms with E-state index in [4.69, 9.17) is 4.74 Å². The molecule has 220 valence electrons. The molecule has 1 atom stereocenters. The summed E-state index contributed by atoms with van der Waals surface area (Å²) in [6.45, 7) is 9.60. The van der Waals surface area contributed by atoms with Crippen molar-refractivity contribution in [1.82, 2.24) is 34.9 Å². The van der Waals surface area contributed by atoms with Gasteiger partial charge >= 0.3 is 5.97 Å². The molecule has 0 aromatic carbocycles. The number of esters is 1. The first-order chi connectivity index (χ1) is 19.0. The Bertz CT molecular complexity index is 1340. The summed E-state index contributed by atoms with van der Waals surface area (Å²) in [5, 5.41) is 6.00. The second kappa shape index (κ2) is 12.5. The predicted octanol–water partition coefficient (Wildman–Crippen LogP) is 0.548. The van der Waals surface area contributed by atoms with Gasteiger partial charge in [0.1, 0.15) is 18.0 Å². The quantitative estimate of drug-likeness (QED) is 0.357. The summed E-state index contributed by atoms with van der Waals surface area (Å²) in [6, 6.07) is -1.16. The van der Waals surface area contributed by atoms with Crippen LogP contribution in [0.5, 0.6) is 0 Å². The Labute approximate surface area is 234 Å². The number of aromatic nitrogens is 4. The van der Waals surface area contributed by atoms with Gasteiger partial charge in [-0.1, -0.05) is 6.92 Å². The number of imidazole rings is 1. The van der Waals surface area contributed by atoms with Crippen LogP contribution in [0.4, 0.5) is 5.82 Å². The van der Waals surface area contributed by atoms with Gasteiger partial charge in [-0.2, -0.15) is 4.72 Å². The second-order valence-corrected chi connectivity index (χ2v) is 12.9. The molecule has 0 aliphatic carbocycles. The van der Waals surface area contributed by atoms with E-state index < -0.39 is 27.6 Å². The summed E-state index contributed by atoms with van der Waals surface area (Å²) < 4.78 is 34.7. The number of guanidine groups is 1. The van der Waals surface area contributed by atoms with E-state index in [1.165, 1.54) is 12.7 Å². The van der Waals surface area contributed by atoms with Gasteiger partial charge in [-0.3, -0.25) is 19.9 Å². The molecule has 2 aliphatic rings. The number of carbonyl (C=O) groups is 2. The lowest BCUT2D eigenvalue weighted by Crippen LogP contribution is -2.48. The molecule has 2 aliphatic heterocycles. The van der Waals surface area contributed by atoms with E-state index in [-0.39, 0.29) is 24.1 Å². The molecular formula is C25H39N9O5S. The summed E-state index contributed by atoms with van der Waals surface area (Å²) in [7, 11) is -3.70. The van der Waals surface area contributed by atoms with Crippen LogP contribution in [0.1, 0.15) is 53.4 Å². The van der Waals surface area contributed by atoms with Gasteiger partial charge in [-0.15, -0.1) is 0 Å². The molecule has 0 radical (unpaired) electrons. The second-order valence-electron chi connectivity index (χ2n) is 11.1. The van der Waals surface area contributed by atoms with Crippen LogP contribution in [-0.2, 0) is 30.9 Å². The highest BCUT2D eigenvalue weighted by atomic mass is 32.2. The zero-order chi connectivity index (χ0) is 28.9. The molecule has 0 bridgehead atoms. The zero-order valence-corrected chi connectivity index (χ0v) is 24.3. The number of aliphatic imine (C=N–C) groups is 1. The van der Waals surface area contributed by atoms with Gasteiger partial charge in [0.25, 0.3) is 0 Å². The van der Waals surface area contributed by atoms with E-state index in [0.29, 0.717) is 61.8 Å². The van der Waals surface area contributed by atoms with Gasteiger partial charge in [-0.05, 0) is 46.5 Å². The fourth-order valence-corrected chi connectivity index (χ4v) is 5.96. The number of anilines is 1. The van der Waals surface area contributed by atoms with Gasteiger partial charge < -0.3 is 19.5 Å². The average molecular weight is 578 g/mol. The van der Waals surface area contributed by atoms with Crippen molar-refractivity contribution < 1.29 is 22.7 Å². The number of piperidine rings is 1. The summed E-state index contributed by atoms with van der Waals surface area (Å²) in [5.41, 5.74) is 0.210. The fourth-order valence-electron chi connectivity index (χ4n) is 4.70. The van der Waals surface area contributed by atoms with Crippen LogP contribution in [0.15, 0.2) is 17.6 Å². The van der Waals surface area contributed by atoms with E-state index in [1.807, 2.05) is 0 Å². The molecule has 0 unspecified atom stereocenters. The van der Waals surface area contributed by atoms with Crippen molar-refractivity contribution in [2.24, 2.45) is 10.9 Å². The molecule has 3 N–H and O–H groups in total. The van der Waals surface area contributed by atoms with E-state index >= 15 is 0 Å². The number of rotatable bonds is 9. The molecule has 0 saturated carbocycles. The first-order valence-electron chi connectivity index (χ1n) is 13.7. The number of hydrogen-bond donors (Lipinski definition) is 3. The Balaban J connectivity index is 1.48. The van der Waals surface area contributed by atoms with Gasteiger partial charge in [0.15, 0.2) is 22.9 Å². The van der Waals surface area contributed by atoms with E-state index in [9.17, 15) is 18.0 Å². The molecular weight excluding hydrogens is 538 g/mol. The summed E-state index contributed by atoms with van der Waals surface area (Å²) in [5.74, 6) is 0.205. The maximum atomic E-state index is 13.0. The van der Waals surface area contributed by atoms with Crippen LogP contribution in [0.25, 0.3) is 11.2 Å². The number of amides is 1. The normalized spacial score (nSPS) is 17.7. The first kappa shape index (κ1) is 29.6. The third kappa shape index (κ3) is 7.65. The number of nitrogens with zero attached hydrogens (tertiary/aromatic N) is 6. The number of sulfonamides is 1. The van der Waals surface area contributed by atoms with Crippen molar-refractivity contribution in [2.75, 3.05) is 36.8 Å². The minimum atomic E-state index is -3.70. The van der Waals surface area contributed by atoms with Crippen molar-refractivity contribution >= 4 is 44.8 Å². The topological polar surface area (TPSA) is 173 Å². The highest BCUT2D eigenvalue weighted by molar-refractivity contribution is 7.89. The monoisotopic (exact) mass is 577 g/mol. The molecule has 14 nitrogen and oxygen atoms in total. The molecule has 1 amide bonds. The van der Waals surface area contributed by atoms with Gasteiger partial charge in [-0.25, -0.2) is 23.4 Å². The third-order valence-corrected chi connectivity index (χ3v) is 8.14. The van der Waals surface area contributed by atoms with E-state index in [1.54, 1.807) is 32.3 Å². The van der Waals surface area contributed by atoms with E-state index in [2.05, 4.69) is 40.2 Å². The lowest BCUT2D eigenvalue weighted by atomic mass is 9.96. The van der Waals surface area contributed by atoms with Gasteiger partial charge in [0.05, 0.1) is 18.6 Å². The first-order valence-corrected chi connectivity index (χ1v) is 15.3. The zero-order valence-electron chi connectivity index (χ0n) is 23.5. The third-order valence-electron chi connectivity index (χ3n) is 6.55. The number of hydrogen-bond acceptors (Lipinski definition) is 11. The Morgan fingerprint density at radius 1 is 1.20 bits per heavy atom. The van der Waals surface area contributed by atoms with Crippen LogP contribution in [0.3, 0.4) is 0 Å². The van der Waals surface area contributed by atoms with Crippen molar-refractivity contribution in [3.63, 3.8) is 0 Å². The van der Waals surface area contributed by atoms with Gasteiger partial charge in [0, 0.05) is 32.1 Å². The SMILES string of the molecule is CCCS(=O)(=O)N[C@@H](Cn1cnc2c(N3CCC(C(=O)NC4=NCCCN4)CC3)ncnc21)C(=O)OC(C)(C)C. The van der Waals surface area contributed by atoms with Crippen LogP contribution in [0.2, 0.25) is 0 Å². The Hall–Kier alpha value is -3.33. The number of carbonyl (C=O) groups excluding carboxylic acids is 2. The Kier molecular flexibility index (Phi) is 9.23. The summed E-state index contributed by atoms with van der Waals surface area (Å²) >= 11 is 0. The number of ether oxygens (including phenoxy) is 1. The van der Waals surface area contributed by atoms with Crippen molar-refractivity contribution in [2.45, 2.75) is 71.6 Å². The number of fused-ring (bicyclic) bond motifs is 1. The molecule has 2 aromatic rings. The molecule has 15 heteroatoms. The van der Waals surface area contributed by atoms with Crippen molar-refractivity contribution in [1.29, 1.82) is 0 Å². The van der Waals surface area contributed by atoms with Crippen molar-refractivity contribution in [3.05, 3.63) is 12.7 Å². The van der Waals surface area contributed by atoms with Crippen LogP contribution in [0, 0.1) is 5.92 Å². The average Bonchev–Trinajstić information content (AvgIpc) is 3.31. The summed E-state index contributed by atoms with van der Waals surface area (Å²) in [4.78, 5) is 45.4. The Morgan fingerprint density at radius 2 is 1.95 bits per heavy atom. The molecule has 2 aromatic heterocycles. The van der Waals surface area contributed by atoms with Crippen molar-refractivity contribution in [3.8, 4) is 0 Å². The fraction of sp³-hybridized carbons (Fsp3) is 0.680. The Morgan fingerprint density at radius 3 is 2.60 bits per heavy atom. The van der Waals surface area contributed by atoms with Crippen LogP contribution in [-0.4, -0.2) is 89.3 Å². The largest absolute Gasteiger partial charge is 0.459 e. The van der Waals surface area contributed by atoms with E-state index in [0.717, 1.165) is 13.0 Å². The number of nitrogens with one attached hydrogen (secondary N) is 3. The maximum Gasteiger partial charge on any atom is 0.326 e. The predicted molar refractivity (Wildman–Crippen MR) is 150 cm³/mol. The smallest absolute Gasteiger partial charge is 0.326 e. The van der Waals surface area contributed by atoms with Crippen LogP contribution < -0.4 is 20.3 Å². The minimum Gasteiger partial charge on any atom is -0.459 e. The lowest BCUT2D eigenvalue weighted by Gasteiger charge is -2.32.